The molecule has 23 heavy (non-hydrogen) atoms. The number of nitrogens with one attached hydrogen (secondary N) is 1. The Labute approximate surface area is 143 Å². The molecule has 1 aliphatic rings. The molecule has 1 amide bonds. The number of nitrogens with zero attached hydrogens (tertiary/aromatic N) is 3. The second-order valence-corrected chi connectivity index (χ2v) is 7.81. The molecule has 3 rings (SSSR count). The average Bonchev–Trinajstić information content (AvgIpc) is 2.91. The molecule has 120 valence electrons. The van der Waals surface area contributed by atoms with Crippen molar-refractivity contribution in [3.05, 3.63) is 16.8 Å². The Hall–Kier alpha value is -1.65. The predicted octanol–water partition coefficient (Wildman–Crippen LogP) is 2.94. The lowest BCUT2D eigenvalue weighted by Gasteiger charge is -2.18. The van der Waals surface area contributed by atoms with Crippen LogP contribution in [0.25, 0.3) is 10.2 Å². The molecule has 0 aromatic carbocycles. The second kappa shape index (κ2) is 7.28. The van der Waals surface area contributed by atoms with Crippen LogP contribution in [0.4, 0.5) is 0 Å². The molecule has 0 bridgehead atoms. The zero-order valence-corrected chi connectivity index (χ0v) is 14.6. The summed E-state index contributed by atoms with van der Waals surface area (Å²) in [6.45, 7) is 2.70. The quantitative estimate of drug-likeness (QED) is 0.511. The first-order valence-electron chi connectivity index (χ1n) is 7.70. The number of hydrogen-bond acceptors (Lipinski definition) is 6. The van der Waals surface area contributed by atoms with Crippen LogP contribution in [0.3, 0.4) is 0 Å². The average molecular weight is 346 g/mol. The number of amides is 1. The Morgan fingerprint density at radius 3 is 3.26 bits per heavy atom. The normalized spacial score (nSPS) is 16.8. The number of aryl methyl sites for hydroxylation is 1. The highest BCUT2D eigenvalue weighted by Crippen LogP contribution is 2.40. The van der Waals surface area contributed by atoms with Gasteiger partial charge in [-0.3, -0.25) is 4.79 Å². The first kappa shape index (κ1) is 16.2. The number of nitriles is 1. The summed E-state index contributed by atoms with van der Waals surface area (Å²) in [7, 11) is 0. The Kier molecular flexibility index (Phi) is 5.13. The molecular weight excluding hydrogens is 328 g/mol. The van der Waals surface area contributed by atoms with Gasteiger partial charge in [-0.1, -0.05) is 18.7 Å². The predicted molar refractivity (Wildman–Crippen MR) is 92.6 cm³/mol. The van der Waals surface area contributed by atoms with E-state index in [-0.39, 0.29) is 5.91 Å². The van der Waals surface area contributed by atoms with Crippen LogP contribution in [0.2, 0.25) is 0 Å². The van der Waals surface area contributed by atoms with Crippen molar-refractivity contribution >= 4 is 39.2 Å². The molecule has 0 radical (unpaired) electrons. The van der Waals surface area contributed by atoms with Crippen molar-refractivity contribution in [3.8, 4) is 6.07 Å². The molecule has 0 saturated heterocycles. The fraction of sp³-hybridized carbons (Fsp3) is 0.500. The van der Waals surface area contributed by atoms with Gasteiger partial charge < -0.3 is 5.32 Å². The first-order valence-corrected chi connectivity index (χ1v) is 9.51. The third-order valence-electron chi connectivity index (χ3n) is 3.96. The van der Waals surface area contributed by atoms with Gasteiger partial charge >= 0.3 is 0 Å². The van der Waals surface area contributed by atoms with E-state index in [4.69, 9.17) is 5.26 Å². The lowest BCUT2D eigenvalue weighted by atomic mass is 9.89. The summed E-state index contributed by atoms with van der Waals surface area (Å²) in [6, 6.07) is 2.01. The van der Waals surface area contributed by atoms with Crippen LogP contribution in [0.5, 0.6) is 0 Å². The van der Waals surface area contributed by atoms with Gasteiger partial charge in [-0.25, -0.2) is 9.97 Å². The van der Waals surface area contributed by atoms with Crippen LogP contribution >= 0.6 is 23.1 Å². The Morgan fingerprint density at radius 1 is 1.57 bits per heavy atom. The van der Waals surface area contributed by atoms with E-state index in [0.29, 0.717) is 18.7 Å². The number of fused-ring (bicyclic) bond motifs is 3. The van der Waals surface area contributed by atoms with Crippen molar-refractivity contribution in [2.75, 3.05) is 12.3 Å². The zero-order valence-electron chi connectivity index (χ0n) is 13.0. The van der Waals surface area contributed by atoms with Crippen molar-refractivity contribution < 1.29 is 4.79 Å². The SMILES string of the molecule is C[C@@H]1CCc2c(sc3ncnc(SCC(=O)NCCC#N)c23)C1. The number of carbonyl (C=O) groups is 1. The van der Waals surface area contributed by atoms with Crippen molar-refractivity contribution in [1.29, 1.82) is 5.26 Å². The largest absolute Gasteiger partial charge is 0.354 e. The molecule has 5 nitrogen and oxygen atoms in total. The molecular formula is C16H18N4OS2. The number of hydrogen-bond donors (Lipinski definition) is 1. The van der Waals surface area contributed by atoms with Gasteiger partial charge in [0.05, 0.1) is 18.2 Å². The van der Waals surface area contributed by atoms with Gasteiger partial charge in [-0.2, -0.15) is 5.26 Å². The minimum Gasteiger partial charge on any atom is -0.354 e. The summed E-state index contributed by atoms with van der Waals surface area (Å²) in [6.07, 6.45) is 5.32. The summed E-state index contributed by atoms with van der Waals surface area (Å²) in [5.41, 5.74) is 1.39. The molecule has 7 heteroatoms. The molecule has 2 aromatic rings. The molecule has 2 heterocycles. The topological polar surface area (TPSA) is 78.7 Å². The minimum atomic E-state index is -0.0604. The fourth-order valence-corrected chi connectivity index (χ4v) is 5.07. The number of aromatic nitrogens is 2. The van der Waals surface area contributed by atoms with Gasteiger partial charge in [0.1, 0.15) is 16.2 Å². The lowest BCUT2D eigenvalue weighted by Crippen LogP contribution is -2.25. The van der Waals surface area contributed by atoms with Gasteiger partial charge in [-0.15, -0.1) is 11.3 Å². The molecule has 0 saturated carbocycles. The van der Waals surface area contributed by atoms with Crippen LogP contribution in [-0.2, 0) is 17.6 Å². The smallest absolute Gasteiger partial charge is 0.230 e. The van der Waals surface area contributed by atoms with E-state index in [0.717, 1.165) is 34.0 Å². The highest BCUT2D eigenvalue weighted by atomic mass is 32.2. The van der Waals surface area contributed by atoms with Gasteiger partial charge in [0.25, 0.3) is 0 Å². The monoisotopic (exact) mass is 346 g/mol. The molecule has 0 fully saturated rings. The molecule has 0 spiro atoms. The van der Waals surface area contributed by atoms with E-state index >= 15 is 0 Å². The van der Waals surface area contributed by atoms with Crippen molar-refractivity contribution in [2.45, 2.75) is 37.6 Å². The molecule has 1 aliphatic carbocycles. The van der Waals surface area contributed by atoms with Crippen LogP contribution in [0.1, 0.15) is 30.2 Å². The molecule has 0 aliphatic heterocycles. The van der Waals surface area contributed by atoms with Crippen LogP contribution in [-0.4, -0.2) is 28.2 Å². The molecule has 1 atom stereocenters. The lowest BCUT2D eigenvalue weighted by molar-refractivity contribution is -0.118. The summed E-state index contributed by atoms with van der Waals surface area (Å²) in [4.78, 5) is 23.1. The van der Waals surface area contributed by atoms with Crippen LogP contribution in [0, 0.1) is 17.2 Å². The zero-order chi connectivity index (χ0) is 16.2. The Morgan fingerprint density at radius 2 is 2.43 bits per heavy atom. The number of carbonyl (C=O) groups excluding carboxylic acids is 1. The Bertz CT molecular complexity index is 765. The highest BCUT2D eigenvalue weighted by Gasteiger charge is 2.23. The van der Waals surface area contributed by atoms with Crippen LogP contribution < -0.4 is 5.32 Å². The second-order valence-electron chi connectivity index (χ2n) is 5.76. The van der Waals surface area contributed by atoms with Crippen LogP contribution in [0.15, 0.2) is 11.4 Å². The van der Waals surface area contributed by atoms with E-state index in [2.05, 4.69) is 22.2 Å². The van der Waals surface area contributed by atoms with Gasteiger partial charge in [0, 0.05) is 16.8 Å². The van der Waals surface area contributed by atoms with Gasteiger partial charge in [0.2, 0.25) is 5.91 Å². The maximum atomic E-state index is 11.8. The first-order chi connectivity index (χ1) is 11.2. The highest BCUT2D eigenvalue weighted by molar-refractivity contribution is 8.00. The maximum absolute atomic E-state index is 11.8. The number of thiophene rings is 1. The molecule has 2 aromatic heterocycles. The third-order valence-corrected chi connectivity index (χ3v) is 6.11. The van der Waals surface area contributed by atoms with Gasteiger partial charge in [-0.05, 0) is 30.7 Å². The standard InChI is InChI=1S/C16H18N4OS2/c1-10-3-4-11-12(7-10)23-16-14(11)15(19-9-20-16)22-8-13(21)18-6-2-5-17/h9-10H,2-4,6-8H2,1H3,(H,18,21)/t10-/m1/s1. The summed E-state index contributed by atoms with van der Waals surface area (Å²) >= 11 is 3.22. The molecule has 1 N–H and O–H groups in total. The molecule has 0 unspecified atom stereocenters. The van der Waals surface area contributed by atoms with Crippen molar-refractivity contribution in [2.24, 2.45) is 5.92 Å². The number of thioether (sulfide) groups is 1. The van der Waals surface area contributed by atoms with E-state index in [1.165, 1.54) is 28.6 Å². The fourth-order valence-electron chi connectivity index (χ4n) is 2.80. The third kappa shape index (κ3) is 3.65. The van der Waals surface area contributed by atoms with E-state index in [1.54, 1.807) is 17.7 Å². The Balaban J connectivity index is 1.76. The van der Waals surface area contributed by atoms with Gasteiger partial charge in [0.15, 0.2) is 0 Å². The van der Waals surface area contributed by atoms with E-state index < -0.39 is 0 Å². The summed E-state index contributed by atoms with van der Waals surface area (Å²) in [5.74, 6) is 0.985. The van der Waals surface area contributed by atoms with Crippen molar-refractivity contribution in [3.63, 3.8) is 0 Å². The minimum absolute atomic E-state index is 0.0604. The number of rotatable bonds is 5. The van der Waals surface area contributed by atoms with Crippen molar-refractivity contribution in [1.82, 2.24) is 15.3 Å². The summed E-state index contributed by atoms with van der Waals surface area (Å²) < 4.78 is 0. The maximum Gasteiger partial charge on any atom is 0.230 e. The summed E-state index contributed by atoms with van der Waals surface area (Å²) in [5, 5.41) is 13.3. The van der Waals surface area contributed by atoms with E-state index in [1.807, 2.05) is 6.07 Å². The van der Waals surface area contributed by atoms with E-state index in [9.17, 15) is 4.79 Å².